The van der Waals surface area contributed by atoms with Gasteiger partial charge in [0, 0.05) is 18.2 Å². The van der Waals surface area contributed by atoms with Crippen molar-refractivity contribution in [2.75, 3.05) is 19.8 Å². The van der Waals surface area contributed by atoms with Gasteiger partial charge in [-0.15, -0.1) is 0 Å². The van der Waals surface area contributed by atoms with Crippen LogP contribution in [0.25, 0.3) is 0 Å². The van der Waals surface area contributed by atoms with Gasteiger partial charge in [-0.1, -0.05) is 19.3 Å². The average Bonchev–Trinajstić information content (AvgIpc) is 2.68. The molecule has 1 saturated carbocycles. The van der Waals surface area contributed by atoms with E-state index < -0.39 is 12.0 Å². The minimum Gasteiger partial charge on any atom is -0.486 e. The quantitative estimate of drug-likeness (QED) is 0.575. The van der Waals surface area contributed by atoms with Crippen LogP contribution in [-0.2, 0) is 4.79 Å². The fraction of sp³-hybridized carbons (Fsp3) is 0.556. The van der Waals surface area contributed by atoms with Gasteiger partial charge in [-0.3, -0.25) is 9.59 Å². The zero-order valence-electron chi connectivity index (χ0n) is 14.9. The second kappa shape index (κ2) is 12.2. The van der Waals surface area contributed by atoms with E-state index in [0.29, 0.717) is 36.3 Å². The maximum Gasteiger partial charge on any atom is 0.321 e. The molecule has 1 aliphatic carbocycles. The maximum atomic E-state index is 10.4. The average molecular weight is 367 g/mol. The van der Waals surface area contributed by atoms with Gasteiger partial charge in [-0.2, -0.15) is 0 Å². The van der Waals surface area contributed by atoms with E-state index in [2.05, 4.69) is 0 Å². The molecule has 2 aliphatic rings. The summed E-state index contributed by atoms with van der Waals surface area (Å²) in [5, 5.41) is 7.98. The summed E-state index contributed by atoms with van der Waals surface area (Å²) in [6, 6.07) is 4.77. The molecule has 0 bridgehead atoms. The Morgan fingerprint density at radius 1 is 1.19 bits per heavy atom. The zero-order chi connectivity index (χ0) is 19.4. The van der Waals surface area contributed by atoms with Crippen molar-refractivity contribution < 1.29 is 24.2 Å². The molecule has 0 aromatic heterocycles. The molecule has 0 radical (unpaired) electrons. The van der Waals surface area contributed by atoms with E-state index in [1.165, 1.54) is 32.1 Å². The lowest BCUT2D eigenvalue weighted by Gasteiger charge is -2.17. The largest absolute Gasteiger partial charge is 0.486 e. The second-order valence-corrected chi connectivity index (χ2v) is 6.10. The molecule has 1 aromatic rings. The number of aliphatic carboxylic acids is 1. The number of carboxylic acids is 1. The van der Waals surface area contributed by atoms with Crippen LogP contribution >= 0.6 is 0 Å². The summed E-state index contributed by atoms with van der Waals surface area (Å²) in [7, 11) is 0. The van der Waals surface area contributed by atoms with Gasteiger partial charge in [-0.25, -0.2) is 0 Å². The number of rotatable bonds is 3. The number of ether oxygens (including phenoxy) is 2. The third-order valence-electron chi connectivity index (χ3n) is 3.92. The van der Waals surface area contributed by atoms with Gasteiger partial charge in [0.1, 0.15) is 25.5 Å². The van der Waals surface area contributed by atoms with E-state index in [-0.39, 0.29) is 6.54 Å². The zero-order valence-corrected chi connectivity index (χ0v) is 14.9. The number of carbonyl (C=O) groups is 2. The van der Waals surface area contributed by atoms with Crippen molar-refractivity contribution in [3.63, 3.8) is 0 Å². The van der Waals surface area contributed by atoms with Gasteiger partial charge in [0.2, 0.25) is 0 Å². The highest BCUT2D eigenvalue weighted by molar-refractivity contribution is 5.76. The number of aldehydes is 1. The van der Waals surface area contributed by atoms with E-state index in [1.54, 1.807) is 18.2 Å². The van der Waals surface area contributed by atoms with Gasteiger partial charge >= 0.3 is 5.97 Å². The molecule has 1 aromatic carbocycles. The third kappa shape index (κ3) is 8.28. The smallest absolute Gasteiger partial charge is 0.321 e. The number of hydrogen-bond acceptors (Lipinski definition) is 7. The molecule has 7 N–H and O–H groups in total. The predicted octanol–water partition coefficient (Wildman–Crippen LogP) is 0.905. The monoisotopic (exact) mass is 367 g/mol. The molecule has 146 valence electrons. The summed E-state index contributed by atoms with van der Waals surface area (Å²) in [4.78, 5) is 20.1. The summed E-state index contributed by atoms with van der Waals surface area (Å²) in [5.74, 6) is 0.320. The lowest BCUT2D eigenvalue weighted by molar-refractivity contribution is -0.138. The first kappa shape index (κ1) is 21.9. The molecule has 1 fully saturated rings. The second-order valence-electron chi connectivity index (χ2n) is 6.10. The summed E-state index contributed by atoms with van der Waals surface area (Å²) >= 11 is 0. The SMILES string of the molecule is NC1CCCCC1.NC[C@H](N)C(=O)O.O=Cc1ccc2c(c1)OCCO2. The Hall–Kier alpha value is -2.16. The molecule has 8 nitrogen and oxygen atoms in total. The Morgan fingerprint density at radius 3 is 2.23 bits per heavy atom. The van der Waals surface area contributed by atoms with Crippen LogP contribution in [0.3, 0.4) is 0 Å². The number of carboxylic acid groups (broad SMARTS) is 1. The summed E-state index contributed by atoms with van der Waals surface area (Å²) in [5.41, 5.74) is 16.0. The highest BCUT2D eigenvalue weighted by Crippen LogP contribution is 2.30. The maximum absolute atomic E-state index is 10.4. The van der Waals surface area contributed by atoms with Crippen LogP contribution in [0, 0.1) is 0 Å². The lowest BCUT2D eigenvalue weighted by atomic mass is 9.97. The Morgan fingerprint density at radius 2 is 1.81 bits per heavy atom. The van der Waals surface area contributed by atoms with Gasteiger partial charge in [0.05, 0.1) is 0 Å². The molecule has 1 heterocycles. The van der Waals surface area contributed by atoms with E-state index >= 15 is 0 Å². The van der Waals surface area contributed by atoms with Crippen molar-refractivity contribution in [3.05, 3.63) is 23.8 Å². The number of benzene rings is 1. The number of nitrogens with two attached hydrogens (primary N) is 3. The predicted molar refractivity (Wildman–Crippen MR) is 98.5 cm³/mol. The highest BCUT2D eigenvalue weighted by Gasteiger charge is 2.10. The Kier molecular flexibility index (Phi) is 10.3. The third-order valence-corrected chi connectivity index (χ3v) is 3.92. The fourth-order valence-electron chi connectivity index (χ4n) is 2.37. The lowest BCUT2D eigenvalue weighted by Crippen LogP contribution is -2.37. The molecule has 0 spiro atoms. The van der Waals surface area contributed by atoms with Gasteiger partial charge in [-0.05, 0) is 31.0 Å². The minimum atomic E-state index is -1.05. The van der Waals surface area contributed by atoms with Crippen LogP contribution in [0.2, 0.25) is 0 Å². The van der Waals surface area contributed by atoms with Crippen LogP contribution in [-0.4, -0.2) is 49.2 Å². The molecule has 1 atom stereocenters. The van der Waals surface area contributed by atoms with Crippen molar-refractivity contribution in [1.29, 1.82) is 0 Å². The molecular formula is C18H29N3O5. The van der Waals surface area contributed by atoms with E-state index in [0.717, 1.165) is 6.29 Å². The van der Waals surface area contributed by atoms with E-state index in [9.17, 15) is 9.59 Å². The first-order chi connectivity index (χ1) is 12.5. The molecule has 3 rings (SSSR count). The molecule has 1 aliphatic heterocycles. The number of carbonyl (C=O) groups excluding carboxylic acids is 1. The first-order valence-corrected chi connectivity index (χ1v) is 8.76. The Labute approximate surface area is 153 Å². The van der Waals surface area contributed by atoms with Crippen molar-refractivity contribution in [2.24, 2.45) is 17.2 Å². The molecule has 26 heavy (non-hydrogen) atoms. The molecule has 0 saturated heterocycles. The van der Waals surface area contributed by atoms with Crippen molar-refractivity contribution >= 4 is 12.3 Å². The number of fused-ring (bicyclic) bond motifs is 1. The molecule has 8 heteroatoms. The minimum absolute atomic E-state index is 0.00463. The Bertz CT molecular complexity index is 562. The molecular weight excluding hydrogens is 338 g/mol. The van der Waals surface area contributed by atoms with Crippen molar-refractivity contribution in [3.8, 4) is 11.5 Å². The van der Waals surface area contributed by atoms with Gasteiger partial charge in [0.15, 0.2) is 11.5 Å². The Balaban J connectivity index is 0.000000210. The van der Waals surface area contributed by atoms with Crippen LogP contribution in [0.5, 0.6) is 11.5 Å². The van der Waals surface area contributed by atoms with Crippen molar-refractivity contribution in [1.82, 2.24) is 0 Å². The number of hydrogen-bond donors (Lipinski definition) is 4. The van der Waals surface area contributed by atoms with Crippen LogP contribution in [0.1, 0.15) is 42.5 Å². The van der Waals surface area contributed by atoms with Gasteiger partial charge < -0.3 is 31.8 Å². The summed E-state index contributed by atoms with van der Waals surface area (Å²) in [6.07, 6.45) is 7.45. The van der Waals surface area contributed by atoms with E-state index in [1.807, 2.05) is 0 Å². The normalized spacial score (nSPS) is 16.9. The molecule has 0 unspecified atom stereocenters. The summed E-state index contributed by atoms with van der Waals surface area (Å²) in [6.45, 7) is 1.12. The van der Waals surface area contributed by atoms with Crippen LogP contribution in [0.15, 0.2) is 18.2 Å². The highest BCUT2D eigenvalue weighted by atomic mass is 16.6. The fourth-order valence-corrected chi connectivity index (χ4v) is 2.37. The topological polar surface area (TPSA) is 151 Å². The van der Waals surface area contributed by atoms with Crippen LogP contribution < -0.4 is 26.7 Å². The van der Waals surface area contributed by atoms with E-state index in [4.69, 9.17) is 31.8 Å². The van der Waals surface area contributed by atoms with Crippen LogP contribution in [0.4, 0.5) is 0 Å². The summed E-state index contributed by atoms with van der Waals surface area (Å²) < 4.78 is 10.6. The standard InChI is InChI=1S/C9H8O3.C6H13N.C3H8N2O2/c10-6-7-1-2-8-9(5-7)12-4-3-11-8;7-6-4-2-1-3-5-6;4-1-2(5)3(6)7/h1-2,5-6H,3-4H2;6H,1-5,7H2;2H,1,4-5H2,(H,6,7)/t;;2-/m..0/s1. The van der Waals surface area contributed by atoms with Crippen molar-refractivity contribution in [2.45, 2.75) is 44.2 Å². The first-order valence-electron chi connectivity index (χ1n) is 8.76. The molecule has 0 amide bonds. The van der Waals surface area contributed by atoms with Gasteiger partial charge in [0.25, 0.3) is 0 Å².